The molecule has 1 aromatic heterocycles. The van der Waals surface area contributed by atoms with Gasteiger partial charge in [-0.05, 0) is 19.1 Å². The maximum Gasteiger partial charge on any atom is 0.142 e. The summed E-state index contributed by atoms with van der Waals surface area (Å²) in [6, 6.07) is 5.41. The van der Waals surface area contributed by atoms with Gasteiger partial charge in [0.1, 0.15) is 6.10 Å². The summed E-state index contributed by atoms with van der Waals surface area (Å²) >= 11 is 12.1. The van der Waals surface area contributed by atoms with Crippen molar-refractivity contribution in [1.29, 1.82) is 0 Å². The van der Waals surface area contributed by atoms with Crippen LogP contribution in [0.1, 0.15) is 18.6 Å². The van der Waals surface area contributed by atoms with Crippen molar-refractivity contribution in [3.05, 3.63) is 64.9 Å². The van der Waals surface area contributed by atoms with Gasteiger partial charge in [-0.1, -0.05) is 35.3 Å². The molecule has 19 heavy (non-hydrogen) atoms. The number of allylic oxidation sites excluding steroid dienone is 1. The van der Waals surface area contributed by atoms with E-state index in [1.165, 1.54) is 0 Å². The highest BCUT2D eigenvalue weighted by Gasteiger charge is 2.16. The Kier molecular flexibility index (Phi) is 4.88. The smallest absolute Gasteiger partial charge is 0.142 e. The van der Waals surface area contributed by atoms with E-state index < -0.39 is 0 Å². The first-order chi connectivity index (χ1) is 9.20. The second-order valence-electron chi connectivity index (χ2n) is 4.02. The van der Waals surface area contributed by atoms with Crippen molar-refractivity contribution in [1.82, 2.24) is 9.55 Å². The Morgan fingerprint density at radius 2 is 2.26 bits per heavy atom. The molecule has 0 fully saturated rings. The van der Waals surface area contributed by atoms with E-state index >= 15 is 0 Å². The Bertz CT molecular complexity index is 553. The number of halogens is 2. The zero-order valence-corrected chi connectivity index (χ0v) is 12.0. The molecule has 100 valence electrons. The second kappa shape index (κ2) is 6.64. The number of rotatable bonds is 5. The summed E-state index contributed by atoms with van der Waals surface area (Å²) < 4.78 is 7.66. The zero-order valence-electron chi connectivity index (χ0n) is 10.5. The number of hydrogen-bond donors (Lipinski definition) is 0. The molecule has 0 aliphatic rings. The molecule has 0 radical (unpaired) electrons. The fourth-order valence-electron chi connectivity index (χ4n) is 1.74. The van der Waals surface area contributed by atoms with E-state index in [0.29, 0.717) is 16.6 Å². The standard InChI is InChI=1S/C14H14Cl2N2O/c1-2-7-19-14(9-18-6-5-17-10-18)12-4-3-11(15)8-13(12)16/h2-8,10,14H,9H2,1H3/b7-2-. The highest BCUT2D eigenvalue weighted by atomic mass is 35.5. The Morgan fingerprint density at radius 1 is 1.42 bits per heavy atom. The van der Waals surface area contributed by atoms with Crippen LogP contribution >= 0.6 is 23.2 Å². The second-order valence-corrected chi connectivity index (χ2v) is 4.86. The van der Waals surface area contributed by atoms with Crippen LogP contribution in [-0.2, 0) is 11.3 Å². The average Bonchev–Trinajstić information content (AvgIpc) is 2.88. The summed E-state index contributed by atoms with van der Waals surface area (Å²) in [4.78, 5) is 4.02. The number of nitrogens with zero attached hydrogens (tertiary/aromatic N) is 2. The van der Waals surface area contributed by atoms with Gasteiger partial charge in [-0.2, -0.15) is 0 Å². The Hall–Kier alpha value is -1.45. The SMILES string of the molecule is C/C=C\OC(Cn1ccnc1)c1ccc(Cl)cc1Cl. The van der Waals surface area contributed by atoms with Crippen LogP contribution in [0.15, 0.2) is 49.3 Å². The molecular formula is C14H14Cl2N2O. The summed E-state index contributed by atoms with van der Waals surface area (Å²) in [7, 11) is 0. The number of aromatic nitrogens is 2. The summed E-state index contributed by atoms with van der Waals surface area (Å²) in [5.74, 6) is 0. The van der Waals surface area contributed by atoms with E-state index in [1.54, 1.807) is 24.9 Å². The highest BCUT2D eigenvalue weighted by Crippen LogP contribution is 2.29. The third-order valence-corrected chi connectivity index (χ3v) is 3.19. The van der Waals surface area contributed by atoms with Crippen molar-refractivity contribution < 1.29 is 4.74 Å². The first-order valence-electron chi connectivity index (χ1n) is 5.88. The minimum absolute atomic E-state index is 0.185. The number of benzene rings is 1. The van der Waals surface area contributed by atoms with Gasteiger partial charge in [0, 0.05) is 28.0 Å². The average molecular weight is 297 g/mol. The molecule has 1 unspecified atom stereocenters. The van der Waals surface area contributed by atoms with Crippen LogP contribution < -0.4 is 0 Å². The maximum absolute atomic E-state index is 6.23. The molecule has 2 rings (SSSR count). The Balaban J connectivity index is 2.25. The summed E-state index contributed by atoms with van der Waals surface area (Å²) in [5, 5.41) is 1.21. The minimum Gasteiger partial charge on any atom is -0.492 e. The van der Waals surface area contributed by atoms with Gasteiger partial charge in [0.15, 0.2) is 0 Å². The lowest BCUT2D eigenvalue weighted by Crippen LogP contribution is -2.10. The first kappa shape index (κ1) is 14.0. The fourth-order valence-corrected chi connectivity index (χ4v) is 2.27. The molecule has 1 aromatic carbocycles. The van der Waals surface area contributed by atoms with E-state index in [4.69, 9.17) is 27.9 Å². The lowest BCUT2D eigenvalue weighted by atomic mass is 10.1. The van der Waals surface area contributed by atoms with E-state index in [2.05, 4.69) is 4.98 Å². The van der Waals surface area contributed by atoms with Crippen LogP contribution in [0.2, 0.25) is 10.0 Å². The van der Waals surface area contributed by atoms with Gasteiger partial charge in [-0.3, -0.25) is 0 Å². The lowest BCUT2D eigenvalue weighted by Gasteiger charge is -2.19. The highest BCUT2D eigenvalue weighted by molar-refractivity contribution is 6.35. The van der Waals surface area contributed by atoms with Crippen LogP contribution in [0.4, 0.5) is 0 Å². The first-order valence-corrected chi connectivity index (χ1v) is 6.63. The Labute approximate surface area is 122 Å². The predicted octanol–water partition coefficient (Wildman–Crippen LogP) is 4.48. The molecule has 0 amide bonds. The number of imidazole rings is 1. The summed E-state index contributed by atoms with van der Waals surface area (Å²) in [6.45, 7) is 2.53. The third-order valence-electron chi connectivity index (χ3n) is 2.62. The lowest BCUT2D eigenvalue weighted by molar-refractivity contribution is 0.127. The van der Waals surface area contributed by atoms with E-state index in [0.717, 1.165) is 5.56 Å². The molecule has 0 aliphatic heterocycles. The maximum atomic E-state index is 6.23. The molecule has 2 aromatic rings. The molecule has 0 N–H and O–H groups in total. The van der Waals surface area contributed by atoms with Gasteiger partial charge in [0.25, 0.3) is 0 Å². The van der Waals surface area contributed by atoms with E-state index in [1.807, 2.05) is 35.9 Å². The molecule has 0 saturated heterocycles. The van der Waals surface area contributed by atoms with Gasteiger partial charge in [-0.15, -0.1) is 0 Å². The molecule has 0 aliphatic carbocycles. The molecule has 0 bridgehead atoms. The normalized spacial score (nSPS) is 12.8. The number of hydrogen-bond acceptors (Lipinski definition) is 2. The molecule has 5 heteroatoms. The van der Waals surface area contributed by atoms with Crippen molar-refractivity contribution in [3.63, 3.8) is 0 Å². The molecule has 0 saturated carbocycles. The molecule has 3 nitrogen and oxygen atoms in total. The zero-order chi connectivity index (χ0) is 13.7. The van der Waals surface area contributed by atoms with Crippen LogP contribution in [0.3, 0.4) is 0 Å². The Morgan fingerprint density at radius 3 is 2.89 bits per heavy atom. The topological polar surface area (TPSA) is 27.1 Å². The molecule has 1 atom stereocenters. The van der Waals surface area contributed by atoms with Crippen LogP contribution in [0.25, 0.3) is 0 Å². The van der Waals surface area contributed by atoms with Crippen molar-refractivity contribution >= 4 is 23.2 Å². The van der Waals surface area contributed by atoms with Gasteiger partial charge < -0.3 is 9.30 Å². The van der Waals surface area contributed by atoms with Crippen molar-refractivity contribution in [2.45, 2.75) is 19.6 Å². The van der Waals surface area contributed by atoms with Crippen LogP contribution in [0, 0.1) is 0 Å². The largest absolute Gasteiger partial charge is 0.492 e. The molecule has 0 spiro atoms. The van der Waals surface area contributed by atoms with Gasteiger partial charge >= 0.3 is 0 Å². The third kappa shape index (κ3) is 3.75. The number of ether oxygens (including phenoxy) is 1. The predicted molar refractivity (Wildman–Crippen MR) is 77.3 cm³/mol. The van der Waals surface area contributed by atoms with Crippen LogP contribution in [-0.4, -0.2) is 9.55 Å². The molecule has 1 heterocycles. The van der Waals surface area contributed by atoms with Gasteiger partial charge in [0.05, 0.1) is 19.1 Å². The van der Waals surface area contributed by atoms with Gasteiger partial charge in [0.2, 0.25) is 0 Å². The fraction of sp³-hybridized carbons (Fsp3) is 0.214. The minimum atomic E-state index is -0.185. The molecular weight excluding hydrogens is 283 g/mol. The monoisotopic (exact) mass is 296 g/mol. The van der Waals surface area contributed by atoms with Gasteiger partial charge in [-0.25, -0.2) is 4.98 Å². The van der Waals surface area contributed by atoms with E-state index in [-0.39, 0.29) is 6.10 Å². The quantitative estimate of drug-likeness (QED) is 0.761. The van der Waals surface area contributed by atoms with Crippen LogP contribution in [0.5, 0.6) is 0 Å². The van der Waals surface area contributed by atoms with Crippen molar-refractivity contribution in [2.24, 2.45) is 0 Å². The summed E-state index contributed by atoms with van der Waals surface area (Å²) in [6.07, 6.45) is 8.68. The van der Waals surface area contributed by atoms with Crippen molar-refractivity contribution in [3.8, 4) is 0 Å². The summed E-state index contributed by atoms with van der Waals surface area (Å²) in [5.41, 5.74) is 0.901. The van der Waals surface area contributed by atoms with Crippen molar-refractivity contribution in [2.75, 3.05) is 0 Å². The van der Waals surface area contributed by atoms with E-state index in [9.17, 15) is 0 Å².